The molecule has 0 bridgehead atoms. The highest BCUT2D eigenvalue weighted by Crippen LogP contribution is 2.18. The summed E-state index contributed by atoms with van der Waals surface area (Å²) in [6.45, 7) is 1.89. The standard InChI is InChI=1S/C17H17BrFNO2/c1-12(22-15-9-7-14(18)8-10-15)17(21)20(2)11-13-5-3-4-6-16(13)19/h3-10,12H,11H2,1-2H3. The van der Waals surface area contributed by atoms with Crippen molar-refractivity contribution in [2.75, 3.05) is 7.05 Å². The van der Waals surface area contributed by atoms with E-state index in [0.29, 0.717) is 11.3 Å². The highest BCUT2D eigenvalue weighted by atomic mass is 79.9. The second-order valence-electron chi connectivity index (χ2n) is 5.00. The zero-order chi connectivity index (χ0) is 16.1. The fourth-order valence-electron chi connectivity index (χ4n) is 2.04. The number of likely N-dealkylation sites (N-methyl/N-ethyl adjacent to an activating group) is 1. The van der Waals surface area contributed by atoms with Crippen LogP contribution in [0.25, 0.3) is 0 Å². The van der Waals surface area contributed by atoms with Gasteiger partial charge in [-0.3, -0.25) is 4.79 Å². The number of amides is 1. The maximum Gasteiger partial charge on any atom is 0.263 e. The molecule has 0 aliphatic rings. The number of benzene rings is 2. The lowest BCUT2D eigenvalue weighted by Crippen LogP contribution is -2.37. The lowest BCUT2D eigenvalue weighted by molar-refractivity contribution is -0.137. The third kappa shape index (κ3) is 4.31. The number of ether oxygens (including phenoxy) is 1. The predicted molar refractivity (Wildman–Crippen MR) is 87.1 cm³/mol. The zero-order valence-electron chi connectivity index (χ0n) is 12.4. The molecule has 0 saturated carbocycles. The van der Waals surface area contributed by atoms with E-state index in [2.05, 4.69) is 15.9 Å². The molecule has 22 heavy (non-hydrogen) atoms. The van der Waals surface area contributed by atoms with Gasteiger partial charge in [-0.25, -0.2) is 4.39 Å². The Labute approximate surface area is 137 Å². The molecule has 0 aliphatic heterocycles. The van der Waals surface area contributed by atoms with E-state index in [9.17, 15) is 9.18 Å². The molecule has 5 heteroatoms. The van der Waals surface area contributed by atoms with E-state index in [1.807, 2.05) is 12.1 Å². The summed E-state index contributed by atoms with van der Waals surface area (Å²) in [4.78, 5) is 13.8. The Morgan fingerprint density at radius 2 is 1.86 bits per heavy atom. The lowest BCUT2D eigenvalue weighted by Gasteiger charge is -2.22. The summed E-state index contributed by atoms with van der Waals surface area (Å²) in [6.07, 6.45) is -0.641. The average Bonchev–Trinajstić information content (AvgIpc) is 2.51. The molecule has 116 valence electrons. The first-order chi connectivity index (χ1) is 10.5. The van der Waals surface area contributed by atoms with Crippen LogP contribution in [0.2, 0.25) is 0 Å². The number of rotatable bonds is 5. The van der Waals surface area contributed by atoms with E-state index in [-0.39, 0.29) is 18.3 Å². The number of nitrogens with zero attached hydrogens (tertiary/aromatic N) is 1. The van der Waals surface area contributed by atoms with Crippen LogP contribution in [0.5, 0.6) is 5.75 Å². The molecule has 0 N–H and O–H groups in total. The molecular formula is C17H17BrFNO2. The third-order valence-electron chi connectivity index (χ3n) is 3.22. The van der Waals surface area contributed by atoms with Crippen molar-refractivity contribution in [1.82, 2.24) is 4.90 Å². The molecule has 0 saturated heterocycles. The van der Waals surface area contributed by atoms with E-state index in [1.54, 1.807) is 44.3 Å². The predicted octanol–water partition coefficient (Wildman–Crippen LogP) is 4.01. The van der Waals surface area contributed by atoms with Crippen molar-refractivity contribution in [3.05, 3.63) is 64.4 Å². The van der Waals surface area contributed by atoms with Crippen LogP contribution >= 0.6 is 15.9 Å². The number of halogens is 2. The maximum atomic E-state index is 13.6. The van der Waals surface area contributed by atoms with Crippen LogP contribution in [0.15, 0.2) is 53.0 Å². The summed E-state index contributed by atoms with van der Waals surface area (Å²) in [5.41, 5.74) is 0.481. The number of hydrogen-bond acceptors (Lipinski definition) is 2. The summed E-state index contributed by atoms with van der Waals surface area (Å²) in [5.74, 6) is 0.0955. The van der Waals surface area contributed by atoms with E-state index < -0.39 is 6.10 Å². The van der Waals surface area contributed by atoms with E-state index in [1.165, 1.54) is 11.0 Å². The molecule has 2 aromatic rings. The molecule has 0 radical (unpaired) electrons. The number of carbonyl (C=O) groups is 1. The molecule has 1 atom stereocenters. The van der Waals surface area contributed by atoms with Gasteiger partial charge < -0.3 is 9.64 Å². The quantitative estimate of drug-likeness (QED) is 0.800. The van der Waals surface area contributed by atoms with Crippen molar-refractivity contribution in [3.8, 4) is 5.75 Å². The molecule has 1 amide bonds. The first-order valence-electron chi connectivity index (χ1n) is 6.88. The van der Waals surface area contributed by atoms with Crippen LogP contribution in [0.3, 0.4) is 0 Å². The normalized spacial score (nSPS) is 11.8. The summed E-state index contributed by atoms with van der Waals surface area (Å²) in [6, 6.07) is 13.7. The van der Waals surface area contributed by atoms with Gasteiger partial charge in [0, 0.05) is 23.6 Å². The van der Waals surface area contributed by atoms with Crippen LogP contribution in [0, 0.1) is 5.82 Å². The van der Waals surface area contributed by atoms with Crippen LogP contribution in [0.1, 0.15) is 12.5 Å². The average molecular weight is 366 g/mol. The fourth-order valence-corrected chi connectivity index (χ4v) is 2.30. The molecule has 0 heterocycles. The SMILES string of the molecule is CC(Oc1ccc(Br)cc1)C(=O)N(C)Cc1ccccc1F. The van der Waals surface area contributed by atoms with Gasteiger partial charge in [0.05, 0.1) is 0 Å². The molecule has 0 aromatic heterocycles. The van der Waals surface area contributed by atoms with Gasteiger partial charge in [0.25, 0.3) is 5.91 Å². The fraction of sp³-hybridized carbons (Fsp3) is 0.235. The van der Waals surface area contributed by atoms with Crippen molar-refractivity contribution in [2.24, 2.45) is 0 Å². The molecule has 2 aromatic carbocycles. The highest BCUT2D eigenvalue weighted by Gasteiger charge is 2.20. The van der Waals surface area contributed by atoms with E-state index >= 15 is 0 Å². The van der Waals surface area contributed by atoms with Gasteiger partial charge in [0.1, 0.15) is 11.6 Å². The molecule has 3 nitrogen and oxygen atoms in total. The van der Waals surface area contributed by atoms with Crippen molar-refractivity contribution in [2.45, 2.75) is 19.6 Å². The van der Waals surface area contributed by atoms with Gasteiger partial charge >= 0.3 is 0 Å². The lowest BCUT2D eigenvalue weighted by atomic mass is 10.2. The molecule has 2 rings (SSSR count). The van der Waals surface area contributed by atoms with Gasteiger partial charge in [-0.05, 0) is 37.3 Å². The van der Waals surface area contributed by atoms with E-state index in [4.69, 9.17) is 4.74 Å². The minimum Gasteiger partial charge on any atom is -0.481 e. The Kier molecular flexibility index (Phi) is 5.55. The van der Waals surface area contributed by atoms with Crippen molar-refractivity contribution >= 4 is 21.8 Å². The van der Waals surface area contributed by atoms with Gasteiger partial charge in [-0.1, -0.05) is 34.1 Å². The molecular weight excluding hydrogens is 349 g/mol. The Balaban J connectivity index is 1.97. The smallest absolute Gasteiger partial charge is 0.263 e. The summed E-state index contributed by atoms with van der Waals surface area (Å²) < 4.78 is 20.2. The Morgan fingerprint density at radius 1 is 1.23 bits per heavy atom. The monoisotopic (exact) mass is 365 g/mol. The zero-order valence-corrected chi connectivity index (χ0v) is 14.0. The Bertz CT molecular complexity index is 645. The summed E-state index contributed by atoms with van der Waals surface area (Å²) >= 11 is 3.34. The highest BCUT2D eigenvalue weighted by molar-refractivity contribution is 9.10. The Morgan fingerprint density at radius 3 is 2.50 bits per heavy atom. The molecule has 1 unspecified atom stereocenters. The number of hydrogen-bond donors (Lipinski definition) is 0. The van der Waals surface area contributed by atoms with Gasteiger partial charge in [0.15, 0.2) is 6.10 Å². The third-order valence-corrected chi connectivity index (χ3v) is 3.74. The largest absolute Gasteiger partial charge is 0.481 e. The first kappa shape index (κ1) is 16.5. The van der Waals surface area contributed by atoms with Gasteiger partial charge in [-0.15, -0.1) is 0 Å². The van der Waals surface area contributed by atoms with Gasteiger partial charge in [-0.2, -0.15) is 0 Å². The minimum absolute atomic E-state index is 0.203. The second-order valence-corrected chi connectivity index (χ2v) is 5.92. The molecule has 0 spiro atoms. The maximum absolute atomic E-state index is 13.6. The van der Waals surface area contributed by atoms with Crippen molar-refractivity contribution in [1.29, 1.82) is 0 Å². The molecule has 0 aliphatic carbocycles. The van der Waals surface area contributed by atoms with Crippen LogP contribution in [-0.2, 0) is 11.3 Å². The van der Waals surface area contributed by atoms with Crippen molar-refractivity contribution in [3.63, 3.8) is 0 Å². The van der Waals surface area contributed by atoms with Crippen LogP contribution in [0.4, 0.5) is 4.39 Å². The summed E-state index contributed by atoms with van der Waals surface area (Å²) in [7, 11) is 1.64. The number of carbonyl (C=O) groups excluding carboxylic acids is 1. The topological polar surface area (TPSA) is 29.5 Å². The van der Waals surface area contributed by atoms with E-state index in [0.717, 1.165) is 4.47 Å². The summed E-state index contributed by atoms with van der Waals surface area (Å²) in [5, 5.41) is 0. The van der Waals surface area contributed by atoms with Gasteiger partial charge in [0.2, 0.25) is 0 Å². The molecule has 0 fully saturated rings. The van der Waals surface area contributed by atoms with Crippen LogP contribution in [-0.4, -0.2) is 24.0 Å². The van der Waals surface area contributed by atoms with Crippen molar-refractivity contribution < 1.29 is 13.9 Å². The minimum atomic E-state index is -0.641. The van der Waals surface area contributed by atoms with Crippen LogP contribution < -0.4 is 4.74 Å². The second kappa shape index (κ2) is 7.40. The first-order valence-corrected chi connectivity index (χ1v) is 7.67. The Hall–Kier alpha value is -1.88.